The van der Waals surface area contributed by atoms with E-state index in [0.717, 1.165) is 11.1 Å². The number of carbonyl (C=O) groups is 2. The molecule has 2 N–H and O–H groups in total. The van der Waals surface area contributed by atoms with Gasteiger partial charge in [-0.25, -0.2) is 9.78 Å². The molecule has 0 radical (unpaired) electrons. The maximum absolute atomic E-state index is 12.4. The molecule has 0 saturated carbocycles. The Hall–Kier alpha value is -3.15. The van der Waals surface area contributed by atoms with Crippen molar-refractivity contribution in [3.63, 3.8) is 0 Å². The third-order valence-electron chi connectivity index (χ3n) is 3.68. The van der Waals surface area contributed by atoms with Gasteiger partial charge in [-0.15, -0.1) is 0 Å². The Labute approximate surface area is 138 Å². The predicted octanol–water partition coefficient (Wildman–Crippen LogP) is 2.08. The summed E-state index contributed by atoms with van der Waals surface area (Å²) in [6.07, 6.45) is 0.347. The summed E-state index contributed by atoms with van der Waals surface area (Å²) in [4.78, 5) is 31.6. The van der Waals surface area contributed by atoms with Gasteiger partial charge in [-0.3, -0.25) is 4.79 Å². The van der Waals surface area contributed by atoms with Gasteiger partial charge < -0.3 is 15.0 Å². The van der Waals surface area contributed by atoms with Gasteiger partial charge in [0.05, 0.1) is 18.1 Å². The van der Waals surface area contributed by atoms with Crippen molar-refractivity contribution in [2.75, 3.05) is 7.11 Å². The van der Waals surface area contributed by atoms with Crippen LogP contribution in [0.2, 0.25) is 0 Å². The van der Waals surface area contributed by atoms with E-state index in [1.54, 1.807) is 0 Å². The monoisotopic (exact) mass is 323 g/mol. The van der Waals surface area contributed by atoms with Crippen molar-refractivity contribution in [1.29, 1.82) is 0 Å². The first kappa shape index (κ1) is 15.7. The number of nitrogens with one attached hydrogen (secondary N) is 2. The van der Waals surface area contributed by atoms with Gasteiger partial charge in [0.1, 0.15) is 6.04 Å². The highest BCUT2D eigenvalue weighted by Gasteiger charge is 2.24. The molecule has 1 heterocycles. The average molecular weight is 323 g/mol. The lowest BCUT2D eigenvalue weighted by atomic mass is 10.1. The Morgan fingerprint density at radius 2 is 1.83 bits per heavy atom. The van der Waals surface area contributed by atoms with Crippen LogP contribution in [0.3, 0.4) is 0 Å². The summed E-state index contributed by atoms with van der Waals surface area (Å²) in [5.41, 5.74) is 2.39. The lowest BCUT2D eigenvalue weighted by Gasteiger charge is -2.15. The Bertz CT molecular complexity index is 825. The Morgan fingerprint density at radius 3 is 2.54 bits per heavy atom. The van der Waals surface area contributed by atoms with E-state index in [4.69, 9.17) is 4.74 Å². The summed E-state index contributed by atoms with van der Waals surface area (Å²) in [5.74, 6) is -0.779. The number of hydrogen-bond acceptors (Lipinski definition) is 4. The Balaban J connectivity index is 1.78. The van der Waals surface area contributed by atoms with Crippen LogP contribution >= 0.6 is 0 Å². The van der Waals surface area contributed by atoms with E-state index in [0.29, 0.717) is 11.9 Å². The number of amides is 1. The molecule has 0 aliphatic carbocycles. The van der Waals surface area contributed by atoms with Crippen molar-refractivity contribution in [3.8, 4) is 0 Å². The third-order valence-corrected chi connectivity index (χ3v) is 3.68. The zero-order chi connectivity index (χ0) is 16.9. The van der Waals surface area contributed by atoms with E-state index in [1.807, 2.05) is 54.6 Å². The summed E-state index contributed by atoms with van der Waals surface area (Å²) in [5, 5.41) is 2.69. The van der Waals surface area contributed by atoms with E-state index in [-0.39, 0.29) is 5.82 Å². The van der Waals surface area contributed by atoms with Crippen LogP contribution in [0.25, 0.3) is 11.0 Å². The molecule has 0 aliphatic heterocycles. The molecule has 1 unspecified atom stereocenters. The maximum atomic E-state index is 12.4. The Morgan fingerprint density at radius 1 is 1.12 bits per heavy atom. The lowest BCUT2D eigenvalue weighted by Crippen LogP contribution is -2.43. The third kappa shape index (κ3) is 3.43. The normalized spacial score (nSPS) is 11.9. The van der Waals surface area contributed by atoms with Crippen LogP contribution in [0.5, 0.6) is 0 Å². The molecule has 1 amide bonds. The minimum atomic E-state index is -0.780. The molecular weight excluding hydrogens is 306 g/mol. The molecule has 0 bridgehead atoms. The van der Waals surface area contributed by atoms with Gasteiger partial charge in [0, 0.05) is 6.42 Å². The van der Waals surface area contributed by atoms with Crippen LogP contribution in [0.15, 0.2) is 54.6 Å². The van der Waals surface area contributed by atoms with E-state index in [9.17, 15) is 9.59 Å². The van der Waals surface area contributed by atoms with E-state index >= 15 is 0 Å². The first-order valence-corrected chi connectivity index (χ1v) is 7.55. The number of H-pyrrole nitrogens is 1. The van der Waals surface area contributed by atoms with E-state index in [1.165, 1.54) is 7.11 Å². The fourth-order valence-corrected chi connectivity index (χ4v) is 2.47. The van der Waals surface area contributed by atoms with Gasteiger partial charge in [0.15, 0.2) is 5.82 Å². The molecule has 0 saturated heterocycles. The van der Waals surface area contributed by atoms with Crippen molar-refractivity contribution in [2.24, 2.45) is 0 Å². The molecule has 0 fully saturated rings. The number of fused-ring (bicyclic) bond motifs is 1. The van der Waals surface area contributed by atoms with Crippen LogP contribution in [-0.2, 0) is 16.0 Å². The number of nitrogens with zero attached hydrogens (tertiary/aromatic N) is 1. The molecular formula is C18H17N3O3. The fourth-order valence-electron chi connectivity index (χ4n) is 2.47. The largest absolute Gasteiger partial charge is 0.467 e. The number of aromatic amines is 1. The summed E-state index contributed by atoms with van der Waals surface area (Å²) in [6.45, 7) is 0. The molecule has 1 atom stereocenters. The quantitative estimate of drug-likeness (QED) is 0.704. The highest BCUT2D eigenvalue weighted by molar-refractivity contribution is 5.96. The van der Waals surface area contributed by atoms with Gasteiger partial charge in [0.25, 0.3) is 5.91 Å². The second kappa shape index (κ2) is 6.95. The summed E-state index contributed by atoms with van der Waals surface area (Å²) in [6, 6.07) is 16.0. The zero-order valence-corrected chi connectivity index (χ0v) is 13.2. The van der Waals surface area contributed by atoms with E-state index in [2.05, 4.69) is 15.3 Å². The molecule has 3 rings (SSSR count). The smallest absolute Gasteiger partial charge is 0.328 e. The van der Waals surface area contributed by atoms with Crippen molar-refractivity contribution in [1.82, 2.24) is 15.3 Å². The summed E-state index contributed by atoms with van der Waals surface area (Å²) < 4.78 is 4.80. The van der Waals surface area contributed by atoms with Gasteiger partial charge in [-0.05, 0) is 17.7 Å². The molecule has 0 aliphatic rings. The predicted molar refractivity (Wildman–Crippen MR) is 89.5 cm³/mol. The first-order chi connectivity index (χ1) is 11.7. The van der Waals surface area contributed by atoms with Gasteiger partial charge >= 0.3 is 5.97 Å². The number of aromatic nitrogens is 2. The number of methoxy groups -OCH3 is 1. The van der Waals surface area contributed by atoms with Crippen molar-refractivity contribution >= 4 is 22.9 Å². The highest BCUT2D eigenvalue weighted by Crippen LogP contribution is 2.11. The molecule has 1 aromatic heterocycles. The van der Waals surface area contributed by atoms with Crippen molar-refractivity contribution in [2.45, 2.75) is 12.5 Å². The number of ether oxygens (including phenoxy) is 1. The maximum Gasteiger partial charge on any atom is 0.328 e. The minimum absolute atomic E-state index is 0.165. The zero-order valence-electron chi connectivity index (χ0n) is 13.2. The summed E-state index contributed by atoms with van der Waals surface area (Å²) >= 11 is 0. The second-order valence-corrected chi connectivity index (χ2v) is 5.34. The SMILES string of the molecule is COC(=O)C(Cc1ccccc1)NC(=O)c1nc2ccccc2[nH]1. The number of esters is 1. The topological polar surface area (TPSA) is 84.1 Å². The lowest BCUT2D eigenvalue weighted by molar-refractivity contribution is -0.142. The number of benzene rings is 2. The van der Waals surface area contributed by atoms with Crippen LogP contribution in [0, 0.1) is 0 Å². The van der Waals surface area contributed by atoms with Crippen LogP contribution in [0.1, 0.15) is 16.2 Å². The average Bonchev–Trinajstić information content (AvgIpc) is 3.05. The number of imidazole rings is 1. The fraction of sp³-hybridized carbons (Fsp3) is 0.167. The van der Waals surface area contributed by atoms with Crippen LogP contribution in [0.4, 0.5) is 0 Å². The number of carbonyl (C=O) groups excluding carboxylic acids is 2. The minimum Gasteiger partial charge on any atom is -0.467 e. The highest BCUT2D eigenvalue weighted by atomic mass is 16.5. The molecule has 0 spiro atoms. The van der Waals surface area contributed by atoms with Crippen molar-refractivity contribution < 1.29 is 14.3 Å². The first-order valence-electron chi connectivity index (χ1n) is 7.55. The van der Waals surface area contributed by atoms with E-state index < -0.39 is 17.9 Å². The molecule has 122 valence electrons. The number of para-hydroxylation sites is 2. The molecule has 3 aromatic rings. The standard InChI is InChI=1S/C18H17N3O3/c1-24-18(23)15(11-12-7-3-2-4-8-12)21-17(22)16-19-13-9-5-6-10-14(13)20-16/h2-10,15H,11H2,1H3,(H,19,20)(H,21,22). The molecule has 6 nitrogen and oxygen atoms in total. The van der Waals surface area contributed by atoms with Crippen molar-refractivity contribution in [3.05, 3.63) is 66.0 Å². The Kier molecular flexibility index (Phi) is 4.56. The number of rotatable bonds is 5. The van der Waals surface area contributed by atoms with Gasteiger partial charge in [-0.2, -0.15) is 0 Å². The molecule has 2 aromatic carbocycles. The molecule has 6 heteroatoms. The van der Waals surface area contributed by atoms with Crippen LogP contribution < -0.4 is 5.32 Å². The second-order valence-electron chi connectivity index (χ2n) is 5.34. The van der Waals surface area contributed by atoms with Crippen LogP contribution in [-0.4, -0.2) is 35.0 Å². The number of hydrogen-bond donors (Lipinski definition) is 2. The molecule has 24 heavy (non-hydrogen) atoms. The summed E-state index contributed by atoms with van der Waals surface area (Å²) in [7, 11) is 1.30. The van der Waals surface area contributed by atoms with Gasteiger partial charge in [-0.1, -0.05) is 42.5 Å². The van der Waals surface area contributed by atoms with Gasteiger partial charge in [0.2, 0.25) is 0 Å².